The summed E-state index contributed by atoms with van der Waals surface area (Å²) in [5, 5.41) is 20.4. The van der Waals surface area contributed by atoms with Gasteiger partial charge >= 0.3 is 11.9 Å². The van der Waals surface area contributed by atoms with E-state index in [4.69, 9.17) is 22.1 Å². The highest BCUT2D eigenvalue weighted by atomic mass is 32.2. The largest absolute Gasteiger partial charge is 0.480 e. The molecule has 240 valence electrons. The van der Waals surface area contributed by atoms with Crippen molar-refractivity contribution in [1.82, 2.24) is 9.47 Å². The predicted molar refractivity (Wildman–Crippen MR) is 178 cm³/mol. The number of ether oxygens (including phenoxy) is 1. The minimum atomic E-state index is -4.18. The summed E-state index contributed by atoms with van der Waals surface area (Å²) >= 11 is 6.82. The van der Waals surface area contributed by atoms with E-state index >= 15 is 0 Å². The Balaban J connectivity index is 1.55. The lowest BCUT2D eigenvalue weighted by Crippen LogP contribution is -2.36. The van der Waals surface area contributed by atoms with Gasteiger partial charge in [0.1, 0.15) is 27.0 Å². The maximum absolute atomic E-state index is 13.3. The zero-order valence-electron chi connectivity index (χ0n) is 23.9. The van der Waals surface area contributed by atoms with Crippen molar-refractivity contribution in [2.75, 3.05) is 23.7 Å². The summed E-state index contributed by atoms with van der Waals surface area (Å²) in [6, 6.07) is 11.3. The number of carboxylic acid groups (broad SMARTS) is 2. The summed E-state index contributed by atoms with van der Waals surface area (Å²) in [6.45, 7) is 0.506. The number of allylic oxidation sites excluding steroid dienone is 3. The van der Waals surface area contributed by atoms with E-state index in [1.807, 2.05) is 30.3 Å². The Morgan fingerprint density at radius 1 is 1.04 bits per heavy atom. The first kappa shape index (κ1) is 33.1. The maximum Gasteiger partial charge on any atom is 0.323 e. The van der Waals surface area contributed by atoms with E-state index in [9.17, 15) is 37.3 Å². The Kier molecular flexibility index (Phi) is 9.50. The number of hydrogen-bond acceptors (Lipinski definition) is 11. The van der Waals surface area contributed by atoms with Gasteiger partial charge in [-0.2, -0.15) is 8.42 Å². The predicted octanol–water partition coefficient (Wildman–Crippen LogP) is 1.95. The first-order chi connectivity index (χ1) is 21.7. The smallest absolute Gasteiger partial charge is 0.323 e. The molecule has 5 rings (SSSR count). The van der Waals surface area contributed by atoms with Gasteiger partial charge in [-0.3, -0.25) is 33.2 Å². The van der Waals surface area contributed by atoms with E-state index in [0.717, 1.165) is 49.0 Å². The van der Waals surface area contributed by atoms with Crippen LogP contribution in [0.25, 0.3) is 21.8 Å². The molecule has 13 nitrogen and oxygen atoms in total. The highest BCUT2D eigenvalue weighted by Gasteiger charge is 2.35. The standard InChI is InChI=1S/C29H25N3O10S4/c1-16(13-20-26(37)31(14-22(33)34)28(44-20)25-27(38)32(15-23(35)36)29(43)45-25)7-10-21-30(11-4-12-46(39,40)41)24-18-6-3-2-5-17(18)8-9-19(24)42-21/h2-3,5-10,13H,4,11-12,14-15H2,1H3,(H,33,34)(H,35,36)(H,39,40,41). The summed E-state index contributed by atoms with van der Waals surface area (Å²) < 4.78 is 39.2. The van der Waals surface area contributed by atoms with Crippen LogP contribution in [0.3, 0.4) is 0 Å². The first-order valence-electron chi connectivity index (χ1n) is 13.5. The van der Waals surface area contributed by atoms with Crippen LogP contribution in [0.15, 0.2) is 64.8 Å². The summed E-state index contributed by atoms with van der Waals surface area (Å²) in [5.41, 5.74) is 0.634. The highest BCUT2D eigenvalue weighted by molar-refractivity contribution is 8.30. The van der Waals surface area contributed by atoms with E-state index in [0.29, 0.717) is 17.2 Å². The average Bonchev–Trinajstić information content (AvgIpc) is 3.58. The average molecular weight is 704 g/mol. The number of aliphatic carboxylic acids is 2. The molecule has 1 aromatic heterocycles. The lowest BCUT2D eigenvalue weighted by molar-refractivity contribution is -0.140. The lowest BCUT2D eigenvalue weighted by atomic mass is 10.1. The third-order valence-electron chi connectivity index (χ3n) is 6.78. The van der Waals surface area contributed by atoms with Gasteiger partial charge in [-0.1, -0.05) is 60.4 Å². The molecule has 1 saturated heterocycles. The van der Waals surface area contributed by atoms with Gasteiger partial charge in [0.2, 0.25) is 5.88 Å². The van der Waals surface area contributed by atoms with E-state index in [2.05, 4.69) is 0 Å². The van der Waals surface area contributed by atoms with Gasteiger partial charge in [-0.15, -0.1) is 11.3 Å². The minimum absolute atomic E-state index is 0.0233. The van der Waals surface area contributed by atoms with Gasteiger partial charge < -0.3 is 19.8 Å². The molecule has 0 saturated carbocycles. The topological polar surface area (TPSA) is 184 Å². The van der Waals surface area contributed by atoms with Crippen LogP contribution in [0.5, 0.6) is 5.75 Å². The van der Waals surface area contributed by atoms with Crippen molar-refractivity contribution in [1.29, 1.82) is 0 Å². The number of benzene rings is 2. The van der Waals surface area contributed by atoms with Crippen molar-refractivity contribution in [2.24, 2.45) is 0 Å². The molecule has 1 fully saturated rings. The molecular formula is C29H25N3O10S4. The Bertz CT molecular complexity index is 2170. The number of thiocarbonyl (C=S) groups is 1. The summed E-state index contributed by atoms with van der Waals surface area (Å²) in [6.07, 6.45) is 4.93. The number of rotatable bonds is 10. The Labute approximate surface area is 274 Å². The number of nitrogens with zero attached hydrogens (tertiary/aromatic N) is 3. The molecule has 46 heavy (non-hydrogen) atoms. The lowest BCUT2D eigenvalue weighted by Gasteiger charge is -2.19. The number of fused-ring (bicyclic) bond motifs is 3. The molecule has 0 unspecified atom stereocenters. The fraction of sp³-hybridized carbons (Fsp3) is 0.207. The first-order valence-corrected chi connectivity index (χ1v) is 17.1. The molecule has 3 heterocycles. The molecule has 0 aliphatic carbocycles. The van der Waals surface area contributed by atoms with Gasteiger partial charge in [-0.05, 0) is 42.5 Å². The SMILES string of the molecule is CC(=CC=C1Oc2ccc3ccccc3c2N1CCCS(=O)(=O)O)C=c1sc(=C2SC(=S)N(CC(=O)O)C2=O)n(CC(=O)O)c1=O. The molecule has 0 radical (unpaired) electrons. The highest BCUT2D eigenvalue weighted by Crippen LogP contribution is 2.44. The van der Waals surface area contributed by atoms with Crippen molar-refractivity contribution in [3.63, 3.8) is 0 Å². The van der Waals surface area contributed by atoms with Gasteiger partial charge in [-0.25, -0.2) is 0 Å². The number of carbonyl (C=O) groups is 3. The third-order valence-corrected chi connectivity index (χ3v) is 10.3. The molecule has 2 aliphatic heterocycles. The maximum atomic E-state index is 13.3. The second-order valence-electron chi connectivity index (χ2n) is 10.1. The molecule has 17 heteroatoms. The summed E-state index contributed by atoms with van der Waals surface area (Å²) in [5.74, 6) is -2.85. The van der Waals surface area contributed by atoms with E-state index < -0.39 is 52.4 Å². The van der Waals surface area contributed by atoms with E-state index in [1.54, 1.807) is 30.0 Å². The molecule has 0 atom stereocenters. The van der Waals surface area contributed by atoms with E-state index in [-0.39, 0.29) is 31.4 Å². The molecule has 3 aromatic rings. The van der Waals surface area contributed by atoms with Crippen LogP contribution in [-0.4, -0.2) is 73.7 Å². The summed E-state index contributed by atoms with van der Waals surface area (Å²) in [4.78, 5) is 51.7. The Hall–Kier alpha value is -4.29. The van der Waals surface area contributed by atoms with Gasteiger partial charge in [0.05, 0.1) is 16.0 Å². The summed E-state index contributed by atoms with van der Waals surface area (Å²) in [7, 11) is -4.18. The van der Waals surface area contributed by atoms with Crippen molar-refractivity contribution >= 4 is 95.0 Å². The Morgan fingerprint density at radius 3 is 2.46 bits per heavy atom. The molecule has 2 aliphatic rings. The number of amides is 1. The quantitative estimate of drug-likeness (QED) is 0.206. The fourth-order valence-corrected chi connectivity index (χ4v) is 7.90. The number of carboxylic acids is 2. The molecule has 2 aromatic carbocycles. The minimum Gasteiger partial charge on any atom is -0.480 e. The van der Waals surface area contributed by atoms with Crippen LogP contribution >= 0.6 is 35.3 Å². The van der Waals surface area contributed by atoms with E-state index in [1.165, 1.54) is 6.08 Å². The number of hydrogen-bond donors (Lipinski definition) is 3. The van der Waals surface area contributed by atoms with Crippen molar-refractivity contribution < 1.29 is 42.3 Å². The monoisotopic (exact) mass is 703 g/mol. The fourth-order valence-electron chi connectivity index (χ4n) is 4.85. The van der Waals surface area contributed by atoms with Crippen molar-refractivity contribution in [2.45, 2.75) is 19.9 Å². The van der Waals surface area contributed by atoms with Crippen LogP contribution in [0.1, 0.15) is 13.3 Å². The number of carbonyl (C=O) groups excluding carboxylic acids is 1. The van der Waals surface area contributed by atoms with Crippen LogP contribution in [0, 0.1) is 0 Å². The van der Waals surface area contributed by atoms with Crippen LogP contribution < -0.4 is 24.4 Å². The third kappa shape index (κ3) is 7.07. The molecule has 3 N–H and O–H groups in total. The second-order valence-corrected chi connectivity index (χ2v) is 14.4. The zero-order valence-corrected chi connectivity index (χ0v) is 27.2. The van der Waals surface area contributed by atoms with Crippen molar-refractivity contribution in [3.05, 3.63) is 79.6 Å². The Morgan fingerprint density at radius 2 is 1.76 bits per heavy atom. The van der Waals surface area contributed by atoms with Gasteiger partial charge in [0.25, 0.3) is 21.6 Å². The van der Waals surface area contributed by atoms with Gasteiger partial charge in [0.15, 0.2) is 5.75 Å². The molecule has 0 spiro atoms. The molecular weight excluding hydrogens is 679 g/mol. The molecule has 1 amide bonds. The van der Waals surface area contributed by atoms with Crippen molar-refractivity contribution in [3.8, 4) is 5.75 Å². The number of aromatic nitrogens is 1. The van der Waals surface area contributed by atoms with Gasteiger partial charge in [0, 0.05) is 11.9 Å². The van der Waals surface area contributed by atoms with Crippen LogP contribution in [0.4, 0.5) is 5.69 Å². The van der Waals surface area contributed by atoms with Crippen LogP contribution in [0.2, 0.25) is 0 Å². The molecule has 0 bridgehead atoms. The normalized spacial score (nSPS) is 17.7. The second kappa shape index (κ2) is 13.2. The van der Waals surface area contributed by atoms with Crippen LogP contribution in [-0.2, 0) is 31.0 Å². The zero-order chi connectivity index (χ0) is 33.3. The number of anilines is 1. The number of thioether (sulfide) groups is 1. The number of thiazole rings is 1.